The normalized spacial score (nSPS) is 18.0. The van der Waals surface area contributed by atoms with E-state index in [4.69, 9.17) is 40.5 Å². The van der Waals surface area contributed by atoms with Crippen molar-refractivity contribution >= 4 is 46.4 Å². The van der Waals surface area contributed by atoms with Gasteiger partial charge in [0.15, 0.2) is 5.96 Å². The number of aliphatic imine (C=N–C) groups is 1. The second-order valence-electron chi connectivity index (χ2n) is 4.73. The van der Waals surface area contributed by atoms with Crippen LogP contribution < -0.4 is 10.6 Å². The van der Waals surface area contributed by atoms with Gasteiger partial charge in [-0.15, -0.1) is 0 Å². The molecule has 0 aliphatic carbocycles. The standard InChI is InChI=1S/C15H12Cl3N3/c16-9-2-1-3-11(6-9)21-14(8-20-15(21)19)12-7-10(17)4-5-13(12)18/h1-7,14H,8H2,(H2,19,20). The van der Waals surface area contributed by atoms with Crippen LogP contribution in [0.1, 0.15) is 11.6 Å². The average Bonchev–Trinajstić information content (AvgIpc) is 2.83. The molecule has 6 heteroatoms. The predicted molar refractivity (Wildman–Crippen MR) is 89.6 cm³/mol. The van der Waals surface area contributed by atoms with Crippen LogP contribution >= 0.6 is 34.8 Å². The zero-order valence-electron chi connectivity index (χ0n) is 10.9. The summed E-state index contributed by atoms with van der Waals surface area (Å²) in [4.78, 5) is 6.25. The van der Waals surface area contributed by atoms with Gasteiger partial charge in [-0.1, -0.05) is 40.9 Å². The van der Waals surface area contributed by atoms with Gasteiger partial charge in [-0.3, -0.25) is 4.99 Å². The van der Waals surface area contributed by atoms with Crippen LogP contribution in [0.3, 0.4) is 0 Å². The van der Waals surface area contributed by atoms with Gasteiger partial charge in [0.2, 0.25) is 0 Å². The molecule has 2 aromatic rings. The minimum absolute atomic E-state index is 0.0883. The highest BCUT2D eigenvalue weighted by Gasteiger charge is 2.30. The lowest BCUT2D eigenvalue weighted by Gasteiger charge is -2.27. The Labute approximate surface area is 137 Å². The molecule has 0 saturated carbocycles. The van der Waals surface area contributed by atoms with E-state index in [2.05, 4.69) is 4.99 Å². The molecular weight excluding hydrogens is 329 g/mol. The van der Waals surface area contributed by atoms with E-state index in [1.165, 1.54) is 0 Å². The van der Waals surface area contributed by atoms with E-state index < -0.39 is 0 Å². The molecule has 0 spiro atoms. The van der Waals surface area contributed by atoms with Crippen LogP contribution in [0.4, 0.5) is 5.69 Å². The van der Waals surface area contributed by atoms with Gasteiger partial charge in [-0.2, -0.15) is 0 Å². The summed E-state index contributed by atoms with van der Waals surface area (Å²) >= 11 is 18.5. The molecule has 1 aliphatic heterocycles. The second-order valence-corrected chi connectivity index (χ2v) is 6.01. The summed E-state index contributed by atoms with van der Waals surface area (Å²) < 4.78 is 0. The van der Waals surface area contributed by atoms with Crippen molar-refractivity contribution in [3.63, 3.8) is 0 Å². The zero-order chi connectivity index (χ0) is 15.0. The molecule has 0 radical (unpaired) electrons. The molecule has 0 fully saturated rings. The molecule has 108 valence electrons. The number of hydrogen-bond acceptors (Lipinski definition) is 3. The molecule has 1 unspecified atom stereocenters. The van der Waals surface area contributed by atoms with Crippen LogP contribution in [0, 0.1) is 0 Å². The van der Waals surface area contributed by atoms with Crippen LogP contribution in [-0.4, -0.2) is 12.5 Å². The van der Waals surface area contributed by atoms with Crippen LogP contribution in [0.2, 0.25) is 15.1 Å². The van der Waals surface area contributed by atoms with Crippen LogP contribution in [0.25, 0.3) is 0 Å². The van der Waals surface area contributed by atoms with Gasteiger partial charge >= 0.3 is 0 Å². The van der Waals surface area contributed by atoms with Crippen molar-refractivity contribution in [1.82, 2.24) is 0 Å². The Hall–Kier alpha value is -1.42. The van der Waals surface area contributed by atoms with E-state index in [-0.39, 0.29) is 6.04 Å². The Bertz CT molecular complexity index is 715. The number of anilines is 1. The average molecular weight is 341 g/mol. The molecule has 2 aromatic carbocycles. The first kappa shape index (κ1) is 14.5. The molecule has 0 bridgehead atoms. The van der Waals surface area contributed by atoms with E-state index >= 15 is 0 Å². The predicted octanol–water partition coefficient (Wildman–Crippen LogP) is 4.52. The van der Waals surface area contributed by atoms with Gasteiger partial charge in [0.1, 0.15) is 0 Å². The lowest BCUT2D eigenvalue weighted by molar-refractivity contribution is 0.769. The molecule has 0 saturated heterocycles. The fourth-order valence-corrected chi connectivity index (χ4v) is 3.05. The number of hydrogen-bond donors (Lipinski definition) is 1. The van der Waals surface area contributed by atoms with E-state index in [1.54, 1.807) is 12.1 Å². The number of halogens is 3. The third-order valence-corrected chi connectivity index (χ3v) is 4.20. The first-order valence-corrected chi connectivity index (χ1v) is 7.49. The molecular formula is C15H12Cl3N3. The lowest BCUT2D eigenvalue weighted by Crippen LogP contribution is -2.36. The SMILES string of the molecule is NC1=NCC(c2cc(Cl)ccc2Cl)N1c1cccc(Cl)c1. The van der Waals surface area contributed by atoms with Crippen LogP contribution in [0.15, 0.2) is 47.5 Å². The van der Waals surface area contributed by atoms with Gasteiger partial charge in [0.25, 0.3) is 0 Å². The van der Waals surface area contributed by atoms with Gasteiger partial charge in [-0.05, 0) is 42.0 Å². The Morgan fingerprint density at radius 1 is 1.05 bits per heavy atom. The highest BCUT2D eigenvalue weighted by Crippen LogP contribution is 2.36. The van der Waals surface area contributed by atoms with Crippen molar-refractivity contribution in [2.75, 3.05) is 11.4 Å². The van der Waals surface area contributed by atoms with Gasteiger partial charge < -0.3 is 10.6 Å². The number of nitrogens with zero attached hydrogens (tertiary/aromatic N) is 2. The number of benzene rings is 2. The highest BCUT2D eigenvalue weighted by molar-refractivity contribution is 6.33. The van der Waals surface area contributed by atoms with Crippen molar-refractivity contribution in [2.45, 2.75) is 6.04 Å². The minimum atomic E-state index is -0.0883. The van der Waals surface area contributed by atoms with E-state index in [0.717, 1.165) is 11.3 Å². The summed E-state index contributed by atoms with van der Waals surface area (Å²) in [7, 11) is 0. The summed E-state index contributed by atoms with van der Waals surface area (Å²) in [6, 6.07) is 12.8. The maximum Gasteiger partial charge on any atom is 0.196 e. The number of nitrogens with two attached hydrogens (primary N) is 1. The van der Waals surface area contributed by atoms with Crippen molar-refractivity contribution < 1.29 is 0 Å². The first-order chi connectivity index (χ1) is 10.1. The third kappa shape index (κ3) is 2.82. The Morgan fingerprint density at radius 3 is 2.57 bits per heavy atom. The maximum atomic E-state index is 6.30. The van der Waals surface area contributed by atoms with Crippen LogP contribution in [0.5, 0.6) is 0 Å². The minimum Gasteiger partial charge on any atom is -0.369 e. The molecule has 21 heavy (non-hydrogen) atoms. The zero-order valence-corrected chi connectivity index (χ0v) is 13.2. The fourth-order valence-electron chi connectivity index (χ4n) is 2.44. The Balaban J connectivity index is 2.05. The van der Waals surface area contributed by atoms with Crippen molar-refractivity contribution in [3.8, 4) is 0 Å². The summed E-state index contributed by atoms with van der Waals surface area (Å²) in [6.45, 7) is 0.526. The van der Waals surface area contributed by atoms with E-state index in [0.29, 0.717) is 27.6 Å². The molecule has 1 atom stereocenters. The summed E-state index contributed by atoms with van der Waals surface area (Å²) in [6.07, 6.45) is 0. The molecule has 3 rings (SSSR count). The van der Waals surface area contributed by atoms with Gasteiger partial charge in [0.05, 0.1) is 12.6 Å². The second kappa shape index (κ2) is 5.76. The summed E-state index contributed by atoms with van der Waals surface area (Å²) in [5.41, 5.74) is 7.81. The lowest BCUT2D eigenvalue weighted by atomic mass is 10.1. The first-order valence-electron chi connectivity index (χ1n) is 6.36. The smallest absolute Gasteiger partial charge is 0.196 e. The highest BCUT2D eigenvalue weighted by atomic mass is 35.5. The largest absolute Gasteiger partial charge is 0.369 e. The fraction of sp³-hybridized carbons (Fsp3) is 0.133. The monoisotopic (exact) mass is 339 g/mol. The Morgan fingerprint density at radius 2 is 1.81 bits per heavy atom. The molecule has 1 heterocycles. The van der Waals surface area contributed by atoms with Crippen molar-refractivity contribution in [3.05, 3.63) is 63.1 Å². The quantitative estimate of drug-likeness (QED) is 0.873. The van der Waals surface area contributed by atoms with Gasteiger partial charge in [-0.25, -0.2) is 0 Å². The summed E-state index contributed by atoms with van der Waals surface area (Å²) in [5, 5.41) is 1.91. The topological polar surface area (TPSA) is 41.6 Å². The third-order valence-electron chi connectivity index (χ3n) is 3.39. The molecule has 3 nitrogen and oxygen atoms in total. The van der Waals surface area contributed by atoms with E-state index in [1.807, 2.05) is 35.2 Å². The Kier molecular flexibility index (Phi) is 3.98. The molecule has 2 N–H and O–H groups in total. The van der Waals surface area contributed by atoms with Gasteiger partial charge in [0, 0.05) is 20.8 Å². The molecule has 1 aliphatic rings. The van der Waals surface area contributed by atoms with Crippen molar-refractivity contribution in [1.29, 1.82) is 0 Å². The molecule has 0 aromatic heterocycles. The van der Waals surface area contributed by atoms with Crippen LogP contribution in [-0.2, 0) is 0 Å². The van der Waals surface area contributed by atoms with E-state index in [9.17, 15) is 0 Å². The van der Waals surface area contributed by atoms with Crippen molar-refractivity contribution in [2.24, 2.45) is 10.7 Å². The number of guanidine groups is 1. The maximum absolute atomic E-state index is 6.30. The summed E-state index contributed by atoms with van der Waals surface area (Å²) in [5.74, 6) is 0.443. The number of rotatable bonds is 2. The molecule has 0 amide bonds.